The number of methoxy groups -OCH3 is 1. The molecule has 0 saturated carbocycles. The van der Waals surface area contributed by atoms with E-state index in [1.54, 1.807) is 7.11 Å². The predicted octanol–water partition coefficient (Wildman–Crippen LogP) is 2.85. The molecular weight excluding hydrogens is 236 g/mol. The minimum absolute atomic E-state index is 0.903. The minimum Gasteiger partial charge on any atom is -0.497 e. The van der Waals surface area contributed by atoms with Gasteiger partial charge in [-0.15, -0.1) is 0 Å². The first kappa shape index (κ1) is 12.5. The van der Waals surface area contributed by atoms with Gasteiger partial charge in [-0.1, -0.05) is 0 Å². The van der Waals surface area contributed by atoms with Crippen LogP contribution in [-0.2, 0) is 6.54 Å². The lowest BCUT2D eigenvalue weighted by Gasteiger charge is -2.16. The number of hydrogen-bond donors (Lipinski definition) is 0. The summed E-state index contributed by atoms with van der Waals surface area (Å²) in [5.41, 5.74) is 2.47. The average Bonchev–Trinajstić information content (AvgIpc) is 3.02. The summed E-state index contributed by atoms with van der Waals surface area (Å²) in [5, 5.41) is 1.15. The van der Waals surface area contributed by atoms with E-state index in [1.807, 2.05) is 6.07 Å². The Balaban J connectivity index is 1.83. The van der Waals surface area contributed by atoms with Crippen molar-refractivity contribution in [3.63, 3.8) is 0 Å². The summed E-state index contributed by atoms with van der Waals surface area (Å²) in [6, 6.07) is 9.68. The van der Waals surface area contributed by atoms with Gasteiger partial charge >= 0.3 is 0 Å². The predicted molar refractivity (Wildman–Crippen MR) is 77.7 cm³/mol. The van der Waals surface area contributed by atoms with Crippen LogP contribution in [0.1, 0.15) is 18.5 Å². The molecule has 0 aliphatic carbocycles. The minimum atomic E-state index is 0.903. The maximum absolute atomic E-state index is 5.28. The number of rotatable bonds is 4. The molecule has 1 aromatic heterocycles. The van der Waals surface area contributed by atoms with Crippen molar-refractivity contribution >= 4 is 10.9 Å². The molecule has 3 nitrogen and oxygen atoms in total. The maximum atomic E-state index is 5.28. The topological polar surface area (TPSA) is 17.4 Å². The molecule has 3 heteroatoms. The van der Waals surface area contributed by atoms with E-state index in [0.29, 0.717) is 0 Å². The lowest BCUT2D eigenvalue weighted by Crippen LogP contribution is -2.24. The summed E-state index contributed by atoms with van der Waals surface area (Å²) in [5.74, 6) is 0.903. The van der Waals surface area contributed by atoms with Gasteiger partial charge in [-0.3, -0.25) is 0 Å². The van der Waals surface area contributed by atoms with E-state index in [-0.39, 0.29) is 0 Å². The van der Waals surface area contributed by atoms with Crippen LogP contribution >= 0.6 is 0 Å². The first-order valence-electron chi connectivity index (χ1n) is 7.06. The van der Waals surface area contributed by atoms with Crippen LogP contribution < -0.4 is 4.74 Å². The number of benzene rings is 1. The largest absolute Gasteiger partial charge is 0.497 e. The molecule has 1 aliphatic rings. The first-order valence-corrected chi connectivity index (χ1v) is 7.06. The van der Waals surface area contributed by atoms with E-state index in [2.05, 4.69) is 34.6 Å². The number of aromatic nitrogens is 1. The van der Waals surface area contributed by atoms with E-state index in [0.717, 1.165) is 24.2 Å². The molecular formula is C16H21N2O. The van der Waals surface area contributed by atoms with Gasteiger partial charge in [0.2, 0.25) is 0 Å². The van der Waals surface area contributed by atoms with Crippen LogP contribution in [0.25, 0.3) is 10.9 Å². The van der Waals surface area contributed by atoms with Gasteiger partial charge in [0.25, 0.3) is 0 Å². The molecule has 1 aromatic carbocycles. The molecule has 0 bridgehead atoms. The van der Waals surface area contributed by atoms with E-state index < -0.39 is 0 Å². The van der Waals surface area contributed by atoms with Crippen LogP contribution in [0, 0.1) is 13.0 Å². The van der Waals surface area contributed by atoms with E-state index in [4.69, 9.17) is 4.74 Å². The maximum Gasteiger partial charge on any atom is 0.119 e. The summed E-state index contributed by atoms with van der Waals surface area (Å²) < 4.78 is 7.64. The highest BCUT2D eigenvalue weighted by Gasteiger charge is 2.13. The molecule has 3 rings (SSSR count). The Morgan fingerprint density at radius 2 is 2.00 bits per heavy atom. The molecule has 0 N–H and O–H groups in total. The standard InChI is InChI=1S/C16H21N2O/c1-13-11-14-12-15(19-2)5-6-16(14)18(13)10-9-17-7-3-4-8-17/h5-6,12H,3-4,7-10H2,1-2H3. The summed E-state index contributed by atoms with van der Waals surface area (Å²) in [6.07, 6.45) is 2.71. The number of nitrogens with zero attached hydrogens (tertiary/aromatic N) is 2. The molecule has 0 amide bonds. The number of aryl methyl sites for hydroxylation is 1. The third kappa shape index (κ3) is 2.47. The fourth-order valence-corrected chi connectivity index (χ4v) is 2.96. The van der Waals surface area contributed by atoms with Crippen molar-refractivity contribution in [2.75, 3.05) is 26.7 Å². The van der Waals surface area contributed by atoms with Crippen LogP contribution in [0.5, 0.6) is 5.75 Å². The number of likely N-dealkylation sites (tertiary alicyclic amines) is 1. The third-order valence-electron chi connectivity index (χ3n) is 4.05. The Morgan fingerprint density at radius 3 is 2.74 bits per heavy atom. The van der Waals surface area contributed by atoms with Crippen LogP contribution in [0.15, 0.2) is 18.2 Å². The van der Waals surface area contributed by atoms with Crippen LogP contribution in [0.4, 0.5) is 0 Å². The Morgan fingerprint density at radius 1 is 1.21 bits per heavy atom. The van der Waals surface area contributed by atoms with E-state index in [1.165, 1.54) is 37.1 Å². The highest BCUT2D eigenvalue weighted by Crippen LogP contribution is 2.24. The van der Waals surface area contributed by atoms with Gasteiger partial charge in [0, 0.05) is 35.8 Å². The lowest BCUT2D eigenvalue weighted by molar-refractivity contribution is 0.323. The lowest BCUT2D eigenvalue weighted by atomic mass is 10.2. The molecule has 2 heterocycles. The quantitative estimate of drug-likeness (QED) is 0.838. The smallest absolute Gasteiger partial charge is 0.119 e. The summed E-state index contributed by atoms with van der Waals surface area (Å²) in [6.45, 7) is 6.85. The number of ether oxygens (including phenoxy) is 1. The fraction of sp³-hybridized carbons (Fsp3) is 0.500. The normalized spacial score (nSPS) is 16.3. The molecule has 1 radical (unpaired) electrons. The van der Waals surface area contributed by atoms with Crippen molar-refractivity contribution in [2.45, 2.75) is 26.3 Å². The monoisotopic (exact) mass is 257 g/mol. The molecule has 0 atom stereocenters. The molecule has 1 aliphatic heterocycles. The van der Waals surface area contributed by atoms with Gasteiger partial charge in [0.15, 0.2) is 0 Å². The fourth-order valence-electron chi connectivity index (χ4n) is 2.96. The van der Waals surface area contributed by atoms with Gasteiger partial charge in [0.05, 0.1) is 7.11 Å². The molecule has 101 valence electrons. The molecule has 1 saturated heterocycles. The van der Waals surface area contributed by atoms with Crippen molar-refractivity contribution in [2.24, 2.45) is 0 Å². The molecule has 0 unspecified atom stereocenters. The summed E-state index contributed by atoms with van der Waals surface area (Å²) in [7, 11) is 1.71. The zero-order chi connectivity index (χ0) is 13.2. The second-order valence-electron chi connectivity index (χ2n) is 5.29. The first-order chi connectivity index (χ1) is 9.28. The Kier molecular flexibility index (Phi) is 3.47. The average molecular weight is 257 g/mol. The Hall–Kier alpha value is -1.48. The van der Waals surface area contributed by atoms with E-state index in [9.17, 15) is 0 Å². The van der Waals surface area contributed by atoms with Crippen LogP contribution in [0.3, 0.4) is 0 Å². The zero-order valence-electron chi connectivity index (χ0n) is 11.8. The van der Waals surface area contributed by atoms with Crippen molar-refractivity contribution in [1.82, 2.24) is 9.47 Å². The molecule has 2 aromatic rings. The van der Waals surface area contributed by atoms with Gasteiger partial charge in [-0.25, -0.2) is 0 Å². The zero-order valence-corrected chi connectivity index (χ0v) is 11.8. The molecule has 19 heavy (non-hydrogen) atoms. The van der Waals surface area contributed by atoms with Crippen molar-refractivity contribution < 1.29 is 4.74 Å². The van der Waals surface area contributed by atoms with Gasteiger partial charge in [0.1, 0.15) is 5.75 Å². The second kappa shape index (κ2) is 5.25. The summed E-state index contributed by atoms with van der Waals surface area (Å²) >= 11 is 0. The van der Waals surface area contributed by atoms with Gasteiger partial charge in [-0.05, 0) is 51.1 Å². The van der Waals surface area contributed by atoms with Crippen LogP contribution in [0.2, 0.25) is 0 Å². The SMILES string of the molecule is COc1ccc2c([c]c(C)n2CCN2CCCC2)c1. The highest BCUT2D eigenvalue weighted by molar-refractivity contribution is 5.82. The van der Waals surface area contributed by atoms with E-state index >= 15 is 0 Å². The van der Waals surface area contributed by atoms with Crippen LogP contribution in [-0.4, -0.2) is 36.2 Å². The second-order valence-corrected chi connectivity index (χ2v) is 5.29. The third-order valence-corrected chi connectivity index (χ3v) is 4.05. The number of hydrogen-bond acceptors (Lipinski definition) is 2. The molecule has 1 fully saturated rings. The molecule has 0 spiro atoms. The van der Waals surface area contributed by atoms with Crippen molar-refractivity contribution in [3.8, 4) is 5.75 Å². The van der Waals surface area contributed by atoms with Crippen molar-refractivity contribution in [1.29, 1.82) is 0 Å². The number of fused-ring (bicyclic) bond motifs is 1. The van der Waals surface area contributed by atoms with Crippen molar-refractivity contribution in [3.05, 3.63) is 30.0 Å². The van der Waals surface area contributed by atoms with Gasteiger partial charge in [-0.2, -0.15) is 0 Å². The Bertz CT molecular complexity index is 567. The summed E-state index contributed by atoms with van der Waals surface area (Å²) in [4.78, 5) is 2.55. The van der Waals surface area contributed by atoms with Gasteiger partial charge < -0.3 is 14.2 Å². The Labute approximate surface area is 114 Å². The highest BCUT2D eigenvalue weighted by atomic mass is 16.5.